The van der Waals surface area contributed by atoms with Gasteiger partial charge in [-0.3, -0.25) is 0 Å². The highest BCUT2D eigenvalue weighted by Crippen LogP contribution is 2.32. The Hall–Kier alpha value is -0.180. The van der Waals surface area contributed by atoms with Crippen molar-refractivity contribution in [3.8, 4) is 0 Å². The smallest absolute Gasteiger partial charge is 0.103 e. The summed E-state index contributed by atoms with van der Waals surface area (Å²) in [4.78, 5) is 0. The van der Waals surface area contributed by atoms with Crippen LogP contribution in [0.4, 0.5) is 8.78 Å². The maximum absolute atomic E-state index is 13.0. The van der Waals surface area contributed by atoms with Gasteiger partial charge in [0.05, 0.1) is 6.10 Å². The molecule has 0 radical (unpaired) electrons. The summed E-state index contributed by atoms with van der Waals surface area (Å²) >= 11 is 0. The standard InChI is InChI=1S/C12H22F2O/c1-2-12(15)5-3-4-9-6-10(13)8-11(14)7-9/h9-12,15H,2-8H2,1H3. The highest BCUT2D eigenvalue weighted by molar-refractivity contribution is 4.78. The van der Waals surface area contributed by atoms with E-state index in [1.54, 1.807) is 0 Å². The van der Waals surface area contributed by atoms with E-state index in [1.165, 1.54) is 0 Å². The normalized spacial score (nSPS) is 34.0. The van der Waals surface area contributed by atoms with E-state index in [0.29, 0.717) is 12.8 Å². The van der Waals surface area contributed by atoms with Gasteiger partial charge in [-0.05, 0) is 31.6 Å². The van der Waals surface area contributed by atoms with Crippen LogP contribution < -0.4 is 0 Å². The molecule has 1 rings (SSSR count). The lowest BCUT2D eigenvalue weighted by molar-refractivity contribution is 0.105. The fourth-order valence-corrected chi connectivity index (χ4v) is 2.37. The Kier molecular flexibility index (Phi) is 5.51. The van der Waals surface area contributed by atoms with Gasteiger partial charge < -0.3 is 5.11 Å². The van der Waals surface area contributed by atoms with Crippen molar-refractivity contribution >= 4 is 0 Å². The largest absolute Gasteiger partial charge is 0.393 e. The summed E-state index contributed by atoms with van der Waals surface area (Å²) in [7, 11) is 0. The number of rotatable bonds is 5. The molecule has 1 saturated carbocycles. The van der Waals surface area contributed by atoms with Gasteiger partial charge in [-0.15, -0.1) is 0 Å². The lowest BCUT2D eigenvalue weighted by Crippen LogP contribution is -2.24. The molecule has 0 aromatic heterocycles. The zero-order valence-electron chi connectivity index (χ0n) is 9.46. The quantitative estimate of drug-likeness (QED) is 0.752. The Labute approximate surface area is 90.9 Å². The van der Waals surface area contributed by atoms with Gasteiger partial charge in [-0.2, -0.15) is 0 Å². The molecule has 0 aromatic carbocycles. The minimum absolute atomic E-state index is 0.0914. The minimum Gasteiger partial charge on any atom is -0.393 e. The highest BCUT2D eigenvalue weighted by atomic mass is 19.1. The van der Waals surface area contributed by atoms with Gasteiger partial charge >= 0.3 is 0 Å². The molecule has 0 bridgehead atoms. The first kappa shape index (κ1) is 12.9. The SMILES string of the molecule is CCC(O)CCCC1CC(F)CC(F)C1. The summed E-state index contributed by atoms with van der Waals surface area (Å²) in [5.41, 5.74) is 0. The van der Waals surface area contributed by atoms with Gasteiger partial charge in [0.1, 0.15) is 12.3 Å². The molecule has 3 unspecified atom stereocenters. The summed E-state index contributed by atoms with van der Waals surface area (Å²) in [5, 5.41) is 9.34. The zero-order chi connectivity index (χ0) is 11.3. The third-order valence-electron chi connectivity index (χ3n) is 3.31. The van der Waals surface area contributed by atoms with Gasteiger partial charge in [-0.1, -0.05) is 19.8 Å². The molecule has 1 aliphatic rings. The Morgan fingerprint density at radius 2 is 1.80 bits per heavy atom. The topological polar surface area (TPSA) is 20.2 Å². The second-order valence-electron chi connectivity index (χ2n) is 4.76. The molecular weight excluding hydrogens is 198 g/mol. The zero-order valence-corrected chi connectivity index (χ0v) is 9.46. The van der Waals surface area contributed by atoms with Gasteiger partial charge in [0.2, 0.25) is 0 Å². The molecular formula is C12H22F2O. The highest BCUT2D eigenvalue weighted by Gasteiger charge is 2.28. The second kappa shape index (κ2) is 6.41. The molecule has 0 aromatic rings. The molecule has 0 aliphatic heterocycles. The van der Waals surface area contributed by atoms with Gasteiger partial charge in [-0.25, -0.2) is 8.78 Å². The van der Waals surface area contributed by atoms with E-state index in [-0.39, 0.29) is 18.4 Å². The van der Waals surface area contributed by atoms with Crippen molar-refractivity contribution < 1.29 is 13.9 Å². The maximum atomic E-state index is 13.0. The summed E-state index contributed by atoms with van der Waals surface area (Å²) < 4.78 is 26.1. The fraction of sp³-hybridized carbons (Fsp3) is 1.00. The average molecular weight is 220 g/mol. The van der Waals surface area contributed by atoms with E-state index in [0.717, 1.165) is 25.7 Å². The molecule has 1 aliphatic carbocycles. The van der Waals surface area contributed by atoms with Gasteiger partial charge in [0.15, 0.2) is 0 Å². The predicted molar refractivity (Wildman–Crippen MR) is 57.3 cm³/mol. The molecule has 15 heavy (non-hydrogen) atoms. The van der Waals surface area contributed by atoms with Crippen LogP contribution in [-0.4, -0.2) is 23.6 Å². The van der Waals surface area contributed by atoms with E-state index in [1.807, 2.05) is 6.92 Å². The van der Waals surface area contributed by atoms with Gasteiger partial charge in [0, 0.05) is 6.42 Å². The van der Waals surface area contributed by atoms with Crippen LogP contribution in [0, 0.1) is 5.92 Å². The lowest BCUT2D eigenvalue weighted by atomic mass is 9.83. The number of aliphatic hydroxyl groups excluding tert-OH is 1. The van der Waals surface area contributed by atoms with Crippen molar-refractivity contribution in [2.45, 2.75) is 70.3 Å². The number of halogens is 2. The first-order valence-electron chi connectivity index (χ1n) is 6.08. The van der Waals surface area contributed by atoms with E-state index >= 15 is 0 Å². The number of hydrogen-bond donors (Lipinski definition) is 1. The van der Waals surface area contributed by atoms with Crippen molar-refractivity contribution in [1.29, 1.82) is 0 Å². The van der Waals surface area contributed by atoms with Crippen molar-refractivity contribution in [2.24, 2.45) is 5.92 Å². The van der Waals surface area contributed by atoms with Crippen molar-refractivity contribution in [3.63, 3.8) is 0 Å². The van der Waals surface area contributed by atoms with Crippen LogP contribution in [0.1, 0.15) is 51.9 Å². The molecule has 1 fully saturated rings. The molecule has 1 nitrogen and oxygen atoms in total. The van der Waals surface area contributed by atoms with E-state index in [9.17, 15) is 13.9 Å². The fourth-order valence-electron chi connectivity index (χ4n) is 2.37. The summed E-state index contributed by atoms with van der Waals surface area (Å²) in [5.74, 6) is 0.188. The van der Waals surface area contributed by atoms with E-state index in [2.05, 4.69) is 0 Å². The van der Waals surface area contributed by atoms with Crippen LogP contribution in [0.5, 0.6) is 0 Å². The predicted octanol–water partition coefficient (Wildman–Crippen LogP) is 3.40. The van der Waals surface area contributed by atoms with E-state index < -0.39 is 12.3 Å². The van der Waals surface area contributed by atoms with E-state index in [4.69, 9.17) is 0 Å². The van der Waals surface area contributed by atoms with Crippen LogP contribution in [0.2, 0.25) is 0 Å². The number of hydrogen-bond acceptors (Lipinski definition) is 1. The van der Waals surface area contributed by atoms with Crippen molar-refractivity contribution in [3.05, 3.63) is 0 Å². The minimum atomic E-state index is -0.949. The molecule has 0 spiro atoms. The van der Waals surface area contributed by atoms with Crippen LogP contribution in [0.25, 0.3) is 0 Å². The third-order valence-corrected chi connectivity index (χ3v) is 3.31. The average Bonchev–Trinajstić information content (AvgIpc) is 2.16. The molecule has 3 heteroatoms. The molecule has 90 valence electrons. The van der Waals surface area contributed by atoms with Gasteiger partial charge in [0.25, 0.3) is 0 Å². The Morgan fingerprint density at radius 3 is 2.33 bits per heavy atom. The molecule has 0 saturated heterocycles. The Bertz CT molecular complexity index is 165. The number of aliphatic hydroxyl groups is 1. The molecule has 3 atom stereocenters. The first-order chi connectivity index (χ1) is 7.11. The summed E-state index contributed by atoms with van der Waals surface area (Å²) in [6, 6.07) is 0. The maximum Gasteiger partial charge on any atom is 0.103 e. The van der Waals surface area contributed by atoms with Crippen molar-refractivity contribution in [2.75, 3.05) is 0 Å². The summed E-state index contributed by atoms with van der Waals surface area (Å²) in [6.45, 7) is 1.94. The monoisotopic (exact) mass is 220 g/mol. The molecule has 0 amide bonds. The van der Waals surface area contributed by atoms with Crippen LogP contribution in [-0.2, 0) is 0 Å². The second-order valence-corrected chi connectivity index (χ2v) is 4.76. The van der Waals surface area contributed by atoms with Crippen LogP contribution in [0.3, 0.4) is 0 Å². The first-order valence-corrected chi connectivity index (χ1v) is 6.08. The third kappa shape index (κ3) is 4.92. The lowest BCUT2D eigenvalue weighted by Gasteiger charge is -2.27. The molecule has 0 heterocycles. The van der Waals surface area contributed by atoms with Crippen LogP contribution in [0.15, 0.2) is 0 Å². The summed E-state index contributed by atoms with van der Waals surface area (Å²) in [6.07, 6.45) is 2.26. The molecule has 1 N–H and O–H groups in total. The van der Waals surface area contributed by atoms with Crippen molar-refractivity contribution in [1.82, 2.24) is 0 Å². The Morgan fingerprint density at radius 1 is 1.20 bits per heavy atom. The van der Waals surface area contributed by atoms with Crippen LogP contribution >= 0.6 is 0 Å². The Balaban J connectivity index is 2.15. The number of alkyl halides is 2.